The molecule has 4 nitrogen and oxygen atoms in total. The second-order valence-corrected chi connectivity index (χ2v) is 6.66. The molecule has 4 rings (SSSR count). The van der Waals surface area contributed by atoms with Crippen molar-refractivity contribution < 1.29 is 13.6 Å². The van der Waals surface area contributed by atoms with Gasteiger partial charge in [-0.15, -0.1) is 0 Å². The molecule has 0 aliphatic heterocycles. The third-order valence-corrected chi connectivity index (χ3v) is 4.77. The van der Waals surface area contributed by atoms with Gasteiger partial charge in [0.1, 0.15) is 11.6 Å². The minimum Gasteiger partial charge on any atom is -0.350 e. The maximum atomic E-state index is 13.3. The molecule has 1 N–H and O–H groups in total. The minimum absolute atomic E-state index is 0.250. The SMILES string of the molecule is O=C(NCCc1cc(F)cc(F)c1)c1nn(-c2ccccc2)c2c1CCC2. The van der Waals surface area contributed by atoms with E-state index in [4.69, 9.17) is 0 Å². The van der Waals surface area contributed by atoms with Crippen LogP contribution in [0.1, 0.15) is 33.7 Å². The summed E-state index contributed by atoms with van der Waals surface area (Å²) in [6, 6.07) is 13.1. The van der Waals surface area contributed by atoms with Crippen LogP contribution in [0.2, 0.25) is 0 Å². The molecule has 0 atom stereocenters. The number of carbonyl (C=O) groups is 1. The van der Waals surface area contributed by atoms with Crippen molar-refractivity contribution in [2.45, 2.75) is 25.7 Å². The first-order valence-electron chi connectivity index (χ1n) is 9.01. The number of hydrogen-bond donors (Lipinski definition) is 1. The number of carbonyl (C=O) groups excluding carboxylic acids is 1. The Hall–Kier alpha value is -3.02. The van der Waals surface area contributed by atoms with Gasteiger partial charge >= 0.3 is 0 Å². The van der Waals surface area contributed by atoms with Crippen LogP contribution in [0.4, 0.5) is 8.78 Å². The van der Waals surface area contributed by atoms with Gasteiger partial charge in [-0.25, -0.2) is 13.5 Å². The quantitative estimate of drug-likeness (QED) is 0.749. The zero-order chi connectivity index (χ0) is 18.8. The lowest BCUT2D eigenvalue weighted by Gasteiger charge is -2.06. The van der Waals surface area contributed by atoms with Crippen molar-refractivity contribution in [2.24, 2.45) is 0 Å². The number of halogens is 2. The normalized spacial score (nSPS) is 12.8. The molecule has 1 heterocycles. The van der Waals surface area contributed by atoms with E-state index >= 15 is 0 Å². The number of benzene rings is 2. The van der Waals surface area contributed by atoms with Crippen LogP contribution in [-0.2, 0) is 19.3 Å². The Morgan fingerprint density at radius 1 is 1.07 bits per heavy atom. The number of hydrogen-bond acceptors (Lipinski definition) is 2. The Kier molecular flexibility index (Phi) is 4.71. The van der Waals surface area contributed by atoms with Crippen LogP contribution >= 0.6 is 0 Å². The number of amides is 1. The number of nitrogens with zero attached hydrogens (tertiary/aromatic N) is 2. The van der Waals surface area contributed by atoms with E-state index in [1.807, 2.05) is 35.0 Å². The Balaban J connectivity index is 1.49. The van der Waals surface area contributed by atoms with Crippen LogP contribution in [0.5, 0.6) is 0 Å². The number of para-hydroxylation sites is 1. The highest BCUT2D eigenvalue weighted by Crippen LogP contribution is 2.27. The Morgan fingerprint density at radius 2 is 1.81 bits per heavy atom. The van der Waals surface area contributed by atoms with Crippen molar-refractivity contribution in [3.8, 4) is 5.69 Å². The molecular formula is C21H19F2N3O. The van der Waals surface area contributed by atoms with Gasteiger partial charge in [0.05, 0.1) is 5.69 Å². The molecule has 138 valence electrons. The molecule has 6 heteroatoms. The summed E-state index contributed by atoms with van der Waals surface area (Å²) in [4.78, 5) is 12.6. The van der Waals surface area contributed by atoms with Crippen molar-refractivity contribution in [3.63, 3.8) is 0 Å². The lowest BCUT2D eigenvalue weighted by Crippen LogP contribution is -2.27. The molecule has 1 aliphatic rings. The van der Waals surface area contributed by atoms with Crippen LogP contribution in [0.15, 0.2) is 48.5 Å². The highest BCUT2D eigenvalue weighted by molar-refractivity contribution is 5.94. The summed E-state index contributed by atoms with van der Waals surface area (Å²) in [5, 5.41) is 7.36. The van der Waals surface area contributed by atoms with Crippen LogP contribution in [0, 0.1) is 11.6 Å². The van der Waals surface area contributed by atoms with Gasteiger partial charge in [-0.3, -0.25) is 4.79 Å². The first-order chi connectivity index (χ1) is 13.1. The monoisotopic (exact) mass is 367 g/mol. The Labute approximate surface area is 155 Å². The van der Waals surface area contributed by atoms with E-state index in [2.05, 4.69) is 10.4 Å². The van der Waals surface area contributed by atoms with E-state index < -0.39 is 11.6 Å². The highest BCUT2D eigenvalue weighted by atomic mass is 19.1. The lowest BCUT2D eigenvalue weighted by atomic mass is 10.1. The summed E-state index contributed by atoms with van der Waals surface area (Å²) in [7, 11) is 0. The summed E-state index contributed by atoms with van der Waals surface area (Å²) in [5.41, 5.74) is 3.96. The molecule has 0 saturated heterocycles. The first-order valence-corrected chi connectivity index (χ1v) is 9.01. The third kappa shape index (κ3) is 3.60. The molecule has 0 fully saturated rings. The van der Waals surface area contributed by atoms with E-state index in [1.54, 1.807) is 0 Å². The van der Waals surface area contributed by atoms with Crippen molar-refractivity contribution in [1.29, 1.82) is 0 Å². The molecule has 1 aromatic heterocycles. The molecule has 27 heavy (non-hydrogen) atoms. The number of nitrogens with one attached hydrogen (secondary N) is 1. The molecule has 0 radical (unpaired) electrons. The van der Waals surface area contributed by atoms with Gasteiger partial charge in [-0.1, -0.05) is 18.2 Å². The molecular weight excluding hydrogens is 348 g/mol. The Morgan fingerprint density at radius 3 is 2.56 bits per heavy atom. The summed E-state index contributed by atoms with van der Waals surface area (Å²) in [6.45, 7) is 0.286. The molecule has 1 aliphatic carbocycles. The van der Waals surface area contributed by atoms with E-state index in [-0.39, 0.29) is 12.5 Å². The average Bonchev–Trinajstić information content (AvgIpc) is 3.24. The molecule has 2 aromatic carbocycles. The standard InChI is InChI=1S/C21H19F2N3O/c22-15-11-14(12-16(23)13-15)9-10-24-21(27)20-18-7-4-8-19(18)26(25-20)17-5-2-1-3-6-17/h1-3,5-6,11-13H,4,7-10H2,(H,24,27). The zero-order valence-corrected chi connectivity index (χ0v) is 14.7. The number of aromatic nitrogens is 2. The largest absolute Gasteiger partial charge is 0.350 e. The molecule has 0 unspecified atom stereocenters. The number of fused-ring (bicyclic) bond motifs is 1. The van der Waals surface area contributed by atoms with E-state index in [0.717, 1.165) is 42.3 Å². The van der Waals surface area contributed by atoms with Gasteiger partial charge in [-0.2, -0.15) is 5.10 Å². The number of rotatable bonds is 5. The van der Waals surface area contributed by atoms with Gasteiger partial charge in [0.2, 0.25) is 0 Å². The summed E-state index contributed by atoms with van der Waals surface area (Å²) < 4.78 is 28.4. The maximum absolute atomic E-state index is 13.3. The predicted octanol–water partition coefficient (Wildman–Crippen LogP) is 3.61. The molecule has 3 aromatic rings. The molecule has 0 spiro atoms. The Bertz CT molecular complexity index is 962. The zero-order valence-electron chi connectivity index (χ0n) is 14.7. The van der Waals surface area contributed by atoms with E-state index in [0.29, 0.717) is 17.7 Å². The van der Waals surface area contributed by atoms with Crippen molar-refractivity contribution in [1.82, 2.24) is 15.1 Å². The third-order valence-electron chi connectivity index (χ3n) is 4.77. The fraction of sp³-hybridized carbons (Fsp3) is 0.238. The summed E-state index contributed by atoms with van der Waals surface area (Å²) in [5.74, 6) is -1.48. The van der Waals surface area contributed by atoms with Crippen LogP contribution in [0.3, 0.4) is 0 Å². The molecule has 0 bridgehead atoms. The van der Waals surface area contributed by atoms with Crippen LogP contribution in [0.25, 0.3) is 5.69 Å². The fourth-order valence-electron chi connectivity index (χ4n) is 3.56. The summed E-state index contributed by atoms with van der Waals surface area (Å²) >= 11 is 0. The molecule has 1 amide bonds. The second-order valence-electron chi connectivity index (χ2n) is 6.66. The van der Waals surface area contributed by atoms with Gasteiger partial charge < -0.3 is 5.32 Å². The topological polar surface area (TPSA) is 46.9 Å². The lowest BCUT2D eigenvalue weighted by molar-refractivity contribution is 0.0948. The van der Waals surface area contributed by atoms with E-state index in [1.165, 1.54) is 12.1 Å². The van der Waals surface area contributed by atoms with Gasteiger partial charge in [-0.05, 0) is 55.5 Å². The first kappa shape index (κ1) is 17.4. The van der Waals surface area contributed by atoms with Gasteiger partial charge in [0.25, 0.3) is 5.91 Å². The van der Waals surface area contributed by atoms with Crippen molar-refractivity contribution in [3.05, 3.63) is 82.7 Å². The van der Waals surface area contributed by atoms with Gasteiger partial charge in [0, 0.05) is 23.9 Å². The van der Waals surface area contributed by atoms with E-state index in [9.17, 15) is 13.6 Å². The minimum atomic E-state index is -0.615. The average molecular weight is 367 g/mol. The van der Waals surface area contributed by atoms with Crippen LogP contribution in [-0.4, -0.2) is 22.2 Å². The fourth-order valence-corrected chi connectivity index (χ4v) is 3.56. The second kappa shape index (κ2) is 7.31. The highest BCUT2D eigenvalue weighted by Gasteiger charge is 2.26. The van der Waals surface area contributed by atoms with Crippen molar-refractivity contribution in [2.75, 3.05) is 6.54 Å². The molecule has 0 saturated carbocycles. The van der Waals surface area contributed by atoms with Gasteiger partial charge in [0.15, 0.2) is 5.69 Å². The predicted molar refractivity (Wildman–Crippen MR) is 98.0 cm³/mol. The van der Waals surface area contributed by atoms with Crippen LogP contribution < -0.4 is 5.32 Å². The smallest absolute Gasteiger partial charge is 0.272 e. The maximum Gasteiger partial charge on any atom is 0.272 e. The summed E-state index contributed by atoms with van der Waals surface area (Å²) in [6.07, 6.45) is 3.08. The van der Waals surface area contributed by atoms with Crippen molar-refractivity contribution >= 4 is 5.91 Å².